The van der Waals surface area contributed by atoms with Crippen LogP contribution < -0.4 is 9.16 Å². The molecule has 0 saturated carbocycles. The van der Waals surface area contributed by atoms with Gasteiger partial charge in [0.1, 0.15) is 17.1 Å². The lowest BCUT2D eigenvalue weighted by atomic mass is 9.87. The Hall–Kier alpha value is -1.75. The first-order valence-corrected chi connectivity index (χ1v) is 14.0. The van der Waals surface area contributed by atoms with Gasteiger partial charge >= 0.3 is 5.97 Å². The summed E-state index contributed by atoms with van der Waals surface area (Å²) in [5.74, 6) is 1.75. The molecule has 4 nitrogen and oxygen atoms in total. The number of allylic oxidation sites excluding steroid dienone is 1. The molecule has 0 saturated heterocycles. The minimum absolute atomic E-state index is 0.162. The van der Waals surface area contributed by atoms with E-state index in [4.69, 9.17) is 13.9 Å². The largest absolute Gasteiger partial charge is 0.543 e. The maximum atomic E-state index is 11.5. The van der Waals surface area contributed by atoms with Crippen LogP contribution in [0.15, 0.2) is 18.2 Å². The first kappa shape index (κ1) is 24.5. The Labute approximate surface area is 184 Å². The number of rotatable bonds is 7. The molecule has 0 N–H and O–H groups in total. The molecule has 0 aromatic heterocycles. The molecule has 1 aromatic carbocycles. The van der Waals surface area contributed by atoms with Gasteiger partial charge in [-0.1, -0.05) is 26.8 Å². The number of hydrogen-bond acceptors (Lipinski definition) is 4. The molecule has 1 unspecified atom stereocenters. The predicted octanol–water partition coefficient (Wildman–Crippen LogP) is 6.67. The van der Waals surface area contributed by atoms with E-state index in [0.29, 0.717) is 6.61 Å². The van der Waals surface area contributed by atoms with Crippen LogP contribution in [0, 0.1) is 13.8 Å². The van der Waals surface area contributed by atoms with E-state index in [9.17, 15) is 4.79 Å². The van der Waals surface area contributed by atoms with E-state index in [1.54, 1.807) is 0 Å². The van der Waals surface area contributed by atoms with Crippen molar-refractivity contribution in [3.63, 3.8) is 0 Å². The number of esters is 1. The number of hydrogen-bond donors (Lipinski definition) is 0. The molecule has 0 radical (unpaired) electrons. The molecule has 30 heavy (non-hydrogen) atoms. The van der Waals surface area contributed by atoms with Crippen molar-refractivity contribution in [1.29, 1.82) is 0 Å². The zero-order chi connectivity index (χ0) is 22.7. The molecule has 168 valence electrons. The summed E-state index contributed by atoms with van der Waals surface area (Å²) in [6, 6.07) is 2.21. The van der Waals surface area contributed by atoms with Crippen LogP contribution in [0.4, 0.5) is 0 Å². The van der Waals surface area contributed by atoms with E-state index >= 15 is 0 Å². The number of carbonyl (C=O) groups excluding carboxylic acids is 1. The Morgan fingerprint density at radius 1 is 1.27 bits per heavy atom. The molecular weight excluding hydrogens is 392 g/mol. The van der Waals surface area contributed by atoms with Crippen LogP contribution in [0.1, 0.15) is 70.6 Å². The molecule has 1 atom stereocenters. The molecule has 1 aliphatic heterocycles. The van der Waals surface area contributed by atoms with Crippen LogP contribution in [0.5, 0.6) is 11.5 Å². The zero-order valence-corrected chi connectivity index (χ0v) is 21.4. The molecule has 1 heterocycles. The van der Waals surface area contributed by atoms with Crippen molar-refractivity contribution in [3.8, 4) is 11.5 Å². The molecule has 5 heteroatoms. The fourth-order valence-corrected chi connectivity index (χ4v) is 4.49. The number of carbonyl (C=O) groups is 1. The highest BCUT2D eigenvalue weighted by Gasteiger charge is 2.40. The van der Waals surface area contributed by atoms with Crippen LogP contribution in [0.2, 0.25) is 18.1 Å². The van der Waals surface area contributed by atoms with E-state index in [2.05, 4.69) is 60.7 Å². The van der Waals surface area contributed by atoms with Gasteiger partial charge in [0.15, 0.2) is 0 Å². The SMILES string of the molecule is CCOC(=O)C=CCCC1(C)CCc2cc(O[Si](C)(C)C(C)(C)C)c(C)c(C)c2O1. The van der Waals surface area contributed by atoms with Gasteiger partial charge in [-0.3, -0.25) is 0 Å². The second-order valence-corrected chi connectivity index (χ2v) is 14.9. The Kier molecular flexibility index (Phi) is 7.49. The van der Waals surface area contributed by atoms with E-state index in [-0.39, 0.29) is 16.6 Å². The third-order valence-electron chi connectivity index (χ3n) is 6.69. The maximum absolute atomic E-state index is 11.5. The summed E-state index contributed by atoms with van der Waals surface area (Å²) in [6.07, 6.45) is 6.98. The Morgan fingerprint density at radius 2 is 1.93 bits per heavy atom. The highest BCUT2D eigenvalue weighted by atomic mass is 28.4. The minimum atomic E-state index is -1.90. The smallest absolute Gasteiger partial charge is 0.330 e. The van der Waals surface area contributed by atoms with Crippen LogP contribution >= 0.6 is 0 Å². The molecule has 2 rings (SSSR count). The predicted molar refractivity (Wildman–Crippen MR) is 126 cm³/mol. The van der Waals surface area contributed by atoms with Gasteiger partial charge in [-0.15, -0.1) is 0 Å². The topological polar surface area (TPSA) is 44.8 Å². The Bertz CT molecular complexity index is 804. The van der Waals surface area contributed by atoms with E-state index in [0.717, 1.165) is 37.2 Å². The van der Waals surface area contributed by atoms with Crippen LogP contribution in [-0.2, 0) is 16.0 Å². The van der Waals surface area contributed by atoms with E-state index in [1.165, 1.54) is 22.8 Å². The molecule has 0 amide bonds. The van der Waals surface area contributed by atoms with Gasteiger partial charge in [-0.25, -0.2) is 4.79 Å². The number of benzene rings is 1. The maximum Gasteiger partial charge on any atom is 0.330 e. The molecule has 1 aliphatic rings. The molecule has 0 spiro atoms. The number of ether oxygens (including phenoxy) is 2. The quantitative estimate of drug-likeness (QED) is 0.274. The summed E-state index contributed by atoms with van der Waals surface area (Å²) in [4.78, 5) is 11.5. The van der Waals surface area contributed by atoms with Crippen molar-refractivity contribution < 1.29 is 18.7 Å². The van der Waals surface area contributed by atoms with Gasteiger partial charge in [-0.2, -0.15) is 0 Å². The second kappa shape index (κ2) is 9.17. The normalized spacial score (nSPS) is 19.4. The van der Waals surface area contributed by atoms with Gasteiger partial charge in [0, 0.05) is 6.08 Å². The summed E-state index contributed by atoms with van der Waals surface area (Å²) in [7, 11) is -1.90. The standard InChI is InChI=1S/C25H40O4Si/c1-10-27-22(26)13-11-12-15-25(7)16-14-20-17-21(18(2)19(3)23(20)28-25)29-30(8,9)24(4,5)6/h11,13,17H,10,12,14-16H2,1-9H3. The van der Waals surface area contributed by atoms with Crippen molar-refractivity contribution in [2.75, 3.05) is 6.61 Å². The van der Waals surface area contributed by atoms with Crippen LogP contribution in [0.25, 0.3) is 0 Å². The van der Waals surface area contributed by atoms with Gasteiger partial charge in [0.05, 0.1) is 6.61 Å². The molecular formula is C25H40O4Si. The number of fused-ring (bicyclic) bond motifs is 1. The van der Waals surface area contributed by atoms with Crippen molar-refractivity contribution in [3.05, 3.63) is 34.9 Å². The lowest BCUT2D eigenvalue weighted by molar-refractivity contribution is -0.137. The van der Waals surface area contributed by atoms with Crippen molar-refractivity contribution in [1.82, 2.24) is 0 Å². The number of aryl methyl sites for hydroxylation is 1. The van der Waals surface area contributed by atoms with E-state index in [1.807, 2.05) is 13.0 Å². The summed E-state index contributed by atoms with van der Waals surface area (Å²) < 4.78 is 18.1. The summed E-state index contributed by atoms with van der Waals surface area (Å²) in [5.41, 5.74) is 3.36. The fourth-order valence-electron chi connectivity index (χ4n) is 3.42. The minimum Gasteiger partial charge on any atom is -0.543 e. The Morgan fingerprint density at radius 3 is 2.53 bits per heavy atom. The van der Waals surface area contributed by atoms with Crippen molar-refractivity contribution in [2.24, 2.45) is 0 Å². The molecule has 0 aliphatic carbocycles. The molecule has 0 fully saturated rings. The van der Waals surface area contributed by atoms with Gasteiger partial charge < -0.3 is 13.9 Å². The highest BCUT2D eigenvalue weighted by molar-refractivity contribution is 6.74. The van der Waals surface area contributed by atoms with Gasteiger partial charge in [-0.05, 0) is 94.3 Å². The molecule has 1 aromatic rings. The van der Waals surface area contributed by atoms with Crippen LogP contribution in [0.3, 0.4) is 0 Å². The highest BCUT2D eigenvalue weighted by Crippen LogP contribution is 2.44. The van der Waals surface area contributed by atoms with Crippen molar-refractivity contribution >= 4 is 14.3 Å². The summed E-state index contributed by atoms with van der Waals surface area (Å²) in [6.45, 7) is 20.0. The van der Waals surface area contributed by atoms with Gasteiger partial charge in [0.2, 0.25) is 8.32 Å². The summed E-state index contributed by atoms with van der Waals surface area (Å²) >= 11 is 0. The third-order valence-corrected chi connectivity index (χ3v) is 11.0. The Balaban J connectivity index is 2.16. The van der Waals surface area contributed by atoms with Crippen LogP contribution in [-0.4, -0.2) is 26.5 Å². The fraction of sp³-hybridized carbons (Fsp3) is 0.640. The first-order chi connectivity index (χ1) is 13.8. The zero-order valence-electron chi connectivity index (χ0n) is 20.4. The van der Waals surface area contributed by atoms with Gasteiger partial charge in [0.25, 0.3) is 0 Å². The summed E-state index contributed by atoms with van der Waals surface area (Å²) in [5, 5.41) is 0.162. The average Bonchev–Trinajstić information content (AvgIpc) is 2.63. The third kappa shape index (κ3) is 5.69. The monoisotopic (exact) mass is 432 g/mol. The average molecular weight is 433 g/mol. The first-order valence-electron chi connectivity index (χ1n) is 11.1. The lowest BCUT2D eigenvalue weighted by Crippen LogP contribution is -2.44. The van der Waals surface area contributed by atoms with E-state index < -0.39 is 8.32 Å². The second-order valence-electron chi connectivity index (χ2n) is 10.2. The van der Waals surface area contributed by atoms with Crippen molar-refractivity contribution in [2.45, 2.75) is 97.9 Å². The lowest BCUT2D eigenvalue weighted by Gasteiger charge is -2.39. The molecule has 0 bridgehead atoms.